The van der Waals surface area contributed by atoms with E-state index in [1.165, 1.54) is 16.6 Å². The van der Waals surface area contributed by atoms with Crippen LogP contribution in [0.2, 0.25) is 5.02 Å². The lowest BCUT2D eigenvalue weighted by Crippen LogP contribution is -2.41. The van der Waals surface area contributed by atoms with E-state index in [4.69, 9.17) is 20.5 Å². The van der Waals surface area contributed by atoms with E-state index < -0.39 is 10.0 Å². The number of carbonyl (C=O) groups excluding carboxylic acids is 1. The van der Waals surface area contributed by atoms with E-state index in [1.807, 2.05) is 6.92 Å². The lowest BCUT2D eigenvalue weighted by Gasteiger charge is -2.30. The van der Waals surface area contributed by atoms with Crippen molar-refractivity contribution in [3.63, 3.8) is 0 Å². The molecule has 4 rings (SSSR count). The zero-order chi connectivity index (χ0) is 23.6. The van der Waals surface area contributed by atoms with Gasteiger partial charge < -0.3 is 14.3 Å². The molecule has 1 saturated heterocycles. The molecule has 0 aliphatic carbocycles. The Hall–Kier alpha value is -2.88. The molecule has 1 aliphatic rings. The summed E-state index contributed by atoms with van der Waals surface area (Å²) in [5, 5.41) is 7.34. The number of nitrogens with zero attached hydrogens (tertiary/aromatic N) is 2. The molecule has 1 N–H and O–H groups in total. The summed E-state index contributed by atoms with van der Waals surface area (Å²) < 4.78 is 38.6. The molecule has 3 aromatic rings. The largest absolute Gasteiger partial charge is 0.465 e. The molecule has 0 radical (unpaired) electrons. The Kier molecular flexibility index (Phi) is 6.73. The minimum absolute atomic E-state index is 0.0303. The van der Waals surface area contributed by atoms with Gasteiger partial charge in [0.25, 0.3) is 0 Å². The van der Waals surface area contributed by atoms with Crippen molar-refractivity contribution in [3.05, 3.63) is 64.4 Å². The molecule has 3 heterocycles. The van der Waals surface area contributed by atoms with Crippen LogP contribution in [0.15, 0.2) is 50.4 Å². The van der Waals surface area contributed by atoms with Crippen LogP contribution in [0, 0.1) is 19.8 Å². The second-order valence-electron chi connectivity index (χ2n) is 7.89. The van der Waals surface area contributed by atoms with Crippen LogP contribution in [0.5, 0.6) is 0 Å². The summed E-state index contributed by atoms with van der Waals surface area (Å²) >= 11 is 6.13. The summed E-state index contributed by atoms with van der Waals surface area (Å²) in [6.45, 7) is 3.88. The van der Waals surface area contributed by atoms with Crippen molar-refractivity contribution in [2.75, 3.05) is 18.4 Å². The number of benzene rings is 1. The van der Waals surface area contributed by atoms with Gasteiger partial charge in [0.2, 0.25) is 15.9 Å². The van der Waals surface area contributed by atoms with Gasteiger partial charge in [-0.2, -0.15) is 4.31 Å². The molecule has 1 fully saturated rings. The molecular weight excluding hydrogens is 466 g/mol. The predicted molar refractivity (Wildman–Crippen MR) is 125 cm³/mol. The number of aromatic nitrogens is 1. The zero-order valence-corrected chi connectivity index (χ0v) is 19.8. The fourth-order valence-electron chi connectivity index (χ4n) is 3.81. The maximum absolute atomic E-state index is 13.4. The van der Waals surface area contributed by atoms with Gasteiger partial charge in [0.1, 0.15) is 11.5 Å². The number of rotatable bonds is 6. The van der Waals surface area contributed by atoms with Crippen molar-refractivity contribution in [2.24, 2.45) is 5.92 Å². The van der Waals surface area contributed by atoms with Crippen LogP contribution >= 0.6 is 11.6 Å². The van der Waals surface area contributed by atoms with E-state index in [-0.39, 0.29) is 41.3 Å². The highest BCUT2D eigenvalue weighted by Crippen LogP contribution is 2.30. The molecule has 10 heteroatoms. The molecule has 0 bridgehead atoms. The predicted octanol–water partition coefficient (Wildman–Crippen LogP) is 4.75. The van der Waals surface area contributed by atoms with Crippen molar-refractivity contribution in [2.45, 2.75) is 31.6 Å². The first-order valence-electron chi connectivity index (χ1n) is 10.5. The normalized spacial score (nSPS) is 15.8. The standard InChI is InChI=1S/C23H24ClN3O5S/c1-15-19(24)6-3-7-20(15)25-23(28)17-10-12-27(13-11-17)33(29,30)22-16(2)26-32-21(22)9-8-18-5-4-14-31-18/h3-9,14,17H,10-13H2,1-2H3,(H,25,28)/b9-8+. The number of hydrogen-bond acceptors (Lipinski definition) is 6. The van der Waals surface area contributed by atoms with Gasteiger partial charge in [0.15, 0.2) is 10.7 Å². The SMILES string of the molecule is Cc1noc(/C=C/c2ccco2)c1S(=O)(=O)N1CCC(C(=O)Nc2cccc(Cl)c2C)CC1. The monoisotopic (exact) mass is 489 g/mol. The van der Waals surface area contributed by atoms with Gasteiger partial charge in [-0.25, -0.2) is 8.42 Å². The molecule has 1 aliphatic heterocycles. The number of amides is 1. The van der Waals surface area contributed by atoms with Gasteiger partial charge in [0, 0.05) is 29.7 Å². The van der Waals surface area contributed by atoms with Crippen molar-refractivity contribution in [1.29, 1.82) is 0 Å². The topological polar surface area (TPSA) is 106 Å². The lowest BCUT2D eigenvalue weighted by molar-refractivity contribution is -0.120. The maximum Gasteiger partial charge on any atom is 0.248 e. The average Bonchev–Trinajstić information content (AvgIpc) is 3.45. The highest BCUT2D eigenvalue weighted by Gasteiger charge is 2.36. The average molecular weight is 490 g/mol. The molecule has 8 nitrogen and oxygen atoms in total. The van der Waals surface area contributed by atoms with Crippen LogP contribution in [0.3, 0.4) is 0 Å². The number of furan rings is 1. The second-order valence-corrected chi connectivity index (χ2v) is 10.2. The molecule has 174 valence electrons. The van der Waals surface area contributed by atoms with Crippen LogP contribution in [0.4, 0.5) is 5.69 Å². The summed E-state index contributed by atoms with van der Waals surface area (Å²) in [7, 11) is -3.85. The summed E-state index contributed by atoms with van der Waals surface area (Å²) in [6.07, 6.45) is 5.49. The Bertz CT molecular complexity index is 1270. The summed E-state index contributed by atoms with van der Waals surface area (Å²) in [5.41, 5.74) is 1.74. The van der Waals surface area contributed by atoms with Crippen LogP contribution < -0.4 is 5.32 Å². The molecule has 0 unspecified atom stereocenters. The van der Waals surface area contributed by atoms with E-state index in [0.29, 0.717) is 29.3 Å². The van der Waals surface area contributed by atoms with Gasteiger partial charge >= 0.3 is 0 Å². The smallest absolute Gasteiger partial charge is 0.248 e. The third-order valence-electron chi connectivity index (χ3n) is 5.72. The lowest BCUT2D eigenvalue weighted by atomic mass is 9.97. The van der Waals surface area contributed by atoms with Crippen molar-refractivity contribution in [3.8, 4) is 0 Å². The Morgan fingerprint density at radius 1 is 1.18 bits per heavy atom. The molecule has 0 spiro atoms. The van der Waals surface area contributed by atoms with Crippen molar-refractivity contribution < 1.29 is 22.2 Å². The number of carbonyl (C=O) groups is 1. The molecule has 0 atom stereocenters. The Labute approximate surface area is 197 Å². The van der Waals surface area contributed by atoms with Gasteiger partial charge in [-0.05, 0) is 68.7 Å². The number of anilines is 1. The quantitative estimate of drug-likeness (QED) is 0.535. The fraction of sp³-hybridized carbons (Fsp3) is 0.304. The number of piperidine rings is 1. The van der Waals surface area contributed by atoms with E-state index in [1.54, 1.807) is 43.3 Å². The highest BCUT2D eigenvalue weighted by molar-refractivity contribution is 7.89. The zero-order valence-electron chi connectivity index (χ0n) is 18.2. The summed E-state index contributed by atoms with van der Waals surface area (Å²) in [4.78, 5) is 12.8. The fourth-order valence-corrected chi connectivity index (χ4v) is 5.70. The molecule has 1 aromatic carbocycles. The number of aryl methyl sites for hydroxylation is 1. The molecule has 33 heavy (non-hydrogen) atoms. The minimum Gasteiger partial charge on any atom is -0.465 e. The van der Waals surface area contributed by atoms with Crippen LogP contribution in [0.25, 0.3) is 12.2 Å². The van der Waals surface area contributed by atoms with Crippen molar-refractivity contribution in [1.82, 2.24) is 9.46 Å². The molecule has 0 saturated carbocycles. The number of halogens is 1. The van der Waals surface area contributed by atoms with Gasteiger partial charge in [-0.1, -0.05) is 22.8 Å². The molecule has 2 aromatic heterocycles. The summed E-state index contributed by atoms with van der Waals surface area (Å²) in [5.74, 6) is 0.270. The Balaban J connectivity index is 1.45. The van der Waals surface area contributed by atoms with Crippen molar-refractivity contribution >= 4 is 45.4 Å². The number of nitrogens with one attached hydrogen (secondary N) is 1. The Morgan fingerprint density at radius 2 is 1.94 bits per heavy atom. The van der Waals surface area contributed by atoms with Crippen LogP contribution in [-0.2, 0) is 14.8 Å². The maximum atomic E-state index is 13.4. The highest BCUT2D eigenvalue weighted by atomic mass is 35.5. The van der Waals surface area contributed by atoms with E-state index in [0.717, 1.165) is 5.56 Å². The van der Waals surface area contributed by atoms with E-state index in [2.05, 4.69) is 10.5 Å². The Morgan fingerprint density at radius 3 is 2.64 bits per heavy atom. The third-order valence-corrected chi connectivity index (χ3v) is 8.19. The number of sulfonamides is 1. The molecule has 1 amide bonds. The van der Waals surface area contributed by atoms with Gasteiger partial charge in [-0.15, -0.1) is 0 Å². The van der Waals surface area contributed by atoms with Crippen LogP contribution in [-0.4, -0.2) is 36.9 Å². The van der Waals surface area contributed by atoms with Crippen LogP contribution in [0.1, 0.15) is 35.6 Å². The first kappa shape index (κ1) is 23.3. The second kappa shape index (κ2) is 9.54. The van der Waals surface area contributed by atoms with Gasteiger partial charge in [0.05, 0.1) is 6.26 Å². The number of hydrogen-bond donors (Lipinski definition) is 1. The molecular formula is C23H24ClN3O5S. The van der Waals surface area contributed by atoms with Gasteiger partial charge in [-0.3, -0.25) is 4.79 Å². The first-order valence-corrected chi connectivity index (χ1v) is 12.3. The summed E-state index contributed by atoms with van der Waals surface area (Å²) in [6, 6.07) is 8.82. The third kappa shape index (κ3) is 4.90. The van der Waals surface area contributed by atoms with E-state index in [9.17, 15) is 13.2 Å². The first-order chi connectivity index (χ1) is 15.8. The minimum atomic E-state index is -3.85. The van der Waals surface area contributed by atoms with E-state index >= 15 is 0 Å².